The maximum atomic E-state index is 10.7. The fourth-order valence-corrected chi connectivity index (χ4v) is 3.92. The molecule has 0 amide bonds. The molecule has 1 atom stereocenters. The summed E-state index contributed by atoms with van der Waals surface area (Å²) in [6, 6.07) is 0. The number of hydrogen-bond donors (Lipinski definition) is 1. The van der Waals surface area contributed by atoms with Gasteiger partial charge in [-0.1, -0.05) is 64.7 Å². The molecule has 0 heterocycles. The van der Waals surface area contributed by atoms with Gasteiger partial charge in [0, 0.05) is 13.0 Å². The van der Waals surface area contributed by atoms with E-state index in [4.69, 9.17) is 4.74 Å². The Morgan fingerprint density at radius 3 is 1.89 bits per heavy atom. The van der Waals surface area contributed by atoms with Crippen LogP contribution in [0.4, 0.5) is 0 Å². The minimum atomic E-state index is -4.38. The Labute approximate surface area is 167 Å². The normalized spacial score (nSPS) is 13.8. The minimum absolute atomic E-state index is 0.250. The van der Waals surface area contributed by atoms with E-state index in [0.29, 0.717) is 11.1 Å². The lowest BCUT2D eigenvalue weighted by Gasteiger charge is -2.32. The van der Waals surface area contributed by atoms with Gasteiger partial charge >= 0.3 is 0 Å². The van der Waals surface area contributed by atoms with Gasteiger partial charge in [0.15, 0.2) is 0 Å². The molecule has 0 bridgehead atoms. The first kappa shape index (κ1) is 26.8. The van der Waals surface area contributed by atoms with Crippen LogP contribution in [0.3, 0.4) is 0 Å². The lowest BCUT2D eigenvalue weighted by Crippen LogP contribution is -2.47. The van der Waals surface area contributed by atoms with Gasteiger partial charge in [0.05, 0.1) is 43.1 Å². The van der Waals surface area contributed by atoms with E-state index in [1.807, 2.05) is 14.1 Å². The fourth-order valence-electron chi connectivity index (χ4n) is 3.34. The second-order valence-electron chi connectivity index (χ2n) is 8.37. The SMILES string of the molecule is CCCCCCCCCCCCOCCC[N+](C)(C)CC(O)CS(=O)(=O)[O-]. The van der Waals surface area contributed by atoms with Crippen LogP contribution in [0.1, 0.15) is 77.6 Å². The first-order valence-corrected chi connectivity index (χ1v) is 12.3. The predicted molar refractivity (Wildman–Crippen MR) is 110 cm³/mol. The Hall–Kier alpha value is -0.210. The monoisotopic (exact) mass is 409 g/mol. The van der Waals surface area contributed by atoms with Crippen molar-refractivity contribution in [3.63, 3.8) is 0 Å². The number of aliphatic hydroxyl groups is 1. The van der Waals surface area contributed by atoms with E-state index in [0.717, 1.165) is 26.0 Å². The average molecular weight is 410 g/mol. The summed E-state index contributed by atoms with van der Waals surface area (Å²) in [5.41, 5.74) is 0. The molecule has 0 spiro atoms. The topological polar surface area (TPSA) is 86.7 Å². The zero-order valence-corrected chi connectivity index (χ0v) is 18.6. The highest BCUT2D eigenvalue weighted by Crippen LogP contribution is 2.10. The molecule has 0 aromatic rings. The van der Waals surface area contributed by atoms with Crippen LogP contribution >= 0.6 is 0 Å². The molecule has 0 saturated heterocycles. The Morgan fingerprint density at radius 1 is 0.889 bits per heavy atom. The number of aliphatic hydroxyl groups excluding tert-OH is 1. The fraction of sp³-hybridized carbons (Fsp3) is 1.00. The molecule has 1 unspecified atom stereocenters. The van der Waals surface area contributed by atoms with Gasteiger partial charge in [-0.05, 0) is 6.42 Å². The number of quaternary nitrogens is 1. The summed E-state index contributed by atoms with van der Waals surface area (Å²) in [6.45, 7) is 4.74. The molecule has 27 heavy (non-hydrogen) atoms. The summed E-state index contributed by atoms with van der Waals surface area (Å²) in [4.78, 5) is 0. The van der Waals surface area contributed by atoms with E-state index in [-0.39, 0.29) is 6.54 Å². The van der Waals surface area contributed by atoms with Crippen LogP contribution in [0.5, 0.6) is 0 Å². The molecule has 0 rings (SSSR count). The molecule has 7 heteroatoms. The summed E-state index contributed by atoms with van der Waals surface area (Å²) in [7, 11) is -0.541. The van der Waals surface area contributed by atoms with Gasteiger partial charge < -0.3 is 18.9 Å². The van der Waals surface area contributed by atoms with E-state index < -0.39 is 22.0 Å². The van der Waals surface area contributed by atoms with Crippen LogP contribution in [-0.4, -0.2) is 74.8 Å². The zero-order chi connectivity index (χ0) is 20.6. The lowest BCUT2D eigenvalue weighted by atomic mass is 10.1. The maximum Gasteiger partial charge on any atom is 0.116 e. The molecule has 6 nitrogen and oxygen atoms in total. The van der Waals surface area contributed by atoms with Gasteiger partial charge in [-0.15, -0.1) is 0 Å². The van der Waals surface area contributed by atoms with Crippen molar-refractivity contribution < 1.29 is 27.3 Å². The zero-order valence-electron chi connectivity index (χ0n) is 17.8. The van der Waals surface area contributed by atoms with Crippen molar-refractivity contribution in [3.8, 4) is 0 Å². The van der Waals surface area contributed by atoms with E-state index in [1.165, 1.54) is 57.8 Å². The third kappa shape index (κ3) is 20.3. The van der Waals surface area contributed by atoms with Crippen LogP contribution in [0.15, 0.2) is 0 Å². The Kier molecular flexibility index (Phi) is 15.6. The molecular formula is C20H43NO5S. The molecule has 0 aromatic carbocycles. The maximum absolute atomic E-state index is 10.7. The molecule has 0 aliphatic heterocycles. The number of unbranched alkanes of at least 4 members (excludes halogenated alkanes) is 9. The summed E-state index contributed by atoms with van der Waals surface area (Å²) in [5, 5.41) is 9.71. The molecule has 0 fully saturated rings. The van der Waals surface area contributed by atoms with Crippen molar-refractivity contribution in [2.45, 2.75) is 83.7 Å². The largest absolute Gasteiger partial charge is 0.748 e. The van der Waals surface area contributed by atoms with Crippen molar-refractivity contribution in [3.05, 3.63) is 0 Å². The van der Waals surface area contributed by atoms with Crippen molar-refractivity contribution in [2.75, 3.05) is 46.2 Å². The Morgan fingerprint density at radius 2 is 1.37 bits per heavy atom. The Bertz CT molecular complexity index is 440. The van der Waals surface area contributed by atoms with Gasteiger partial charge in [0.2, 0.25) is 0 Å². The van der Waals surface area contributed by atoms with E-state index in [2.05, 4.69) is 6.92 Å². The quantitative estimate of drug-likeness (QED) is 0.201. The summed E-state index contributed by atoms with van der Waals surface area (Å²) in [6.07, 6.45) is 12.9. The highest BCUT2D eigenvalue weighted by atomic mass is 32.2. The molecule has 0 radical (unpaired) electrons. The van der Waals surface area contributed by atoms with Crippen molar-refractivity contribution in [1.29, 1.82) is 0 Å². The lowest BCUT2D eigenvalue weighted by molar-refractivity contribution is -0.893. The van der Waals surface area contributed by atoms with Crippen LogP contribution in [0.25, 0.3) is 0 Å². The first-order valence-electron chi connectivity index (χ1n) is 10.7. The molecular weight excluding hydrogens is 366 g/mol. The van der Waals surface area contributed by atoms with Crippen LogP contribution < -0.4 is 0 Å². The molecule has 0 saturated carbocycles. The molecule has 0 aliphatic rings. The highest BCUT2D eigenvalue weighted by molar-refractivity contribution is 7.85. The molecule has 0 aromatic heterocycles. The van der Waals surface area contributed by atoms with Gasteiger partial charge in [0.1, 0.15) is 12.6 Å². The summed E-state index contributed by atoms with van der Waals surface area (Å²) in [5.74, 6) is -0.718. The van der Waals surface area contributed by atoms with Gasteiger partial charge in [-0.3, -0.25) is 0 Å². The van der Waals surface area contributed by atoms with E-state index in [9.17, 15) is 18.1 Å². The molecule has 164 valence electrons. The average Bonchev–Trinajstić information content (AvgIpc) is 2.52. The number of ether oxygens (including phenoxy) is 1. The van der Waals surface area contributed by atoms with Gasteiger partial charge in [-0.25, -0.2) is 8.42 Å². The van der Waals surface area contributed by atoms with Gasteiger partial charge in [0.25, 0.3) is 0 Å². The standard InChI is InChI=1S/C20H43NO5S/c1-4-5-6-7-8-9-10-11-12-13-16-26-17-14-15-21(2,3)18-20(22)19-27(23,24)25/h20,22H,4-19H2,1-3H3. The molecule has 1 N–H and O–H groups in total. The highest BCUT2D eigenvalue weighted by Gasteiger charge is 2.21. The number of hydrogen-bond acceptors (Lipinski definition) is 5. The van der Waals surface area contributed by atoms with Crippen molar-refractivity contribution in [2.24, 2.45) is 0 Å². The number of nitrogens with zero attached hydrogens (tertiary/aromatic N) is 1. The Balaban J connectivity index is 3.47. The second kappa shape index (κ2) is 15.7. The third-order valence-corrected chi connectivity index (χ3v) is 5.59. The van der Waals surface area contributed by atoms with Crippen LogP contribution in [-0.2, 0) is 14.9 Å². The summed E-state index contributed by atoms with van der Waals surface area (Å²) < 4.78 is 38.2. The van der Waals surface area contributed by atoms with E-state index in [1.54, 1.807) is 0 Å². The predicted octanol–water partition coefficient (Wildman–Crippen LogP) is 3.30. The van der Waals surface area contributed by atoms with Crippen molar-refractivity contribution >= 4 is 10.1 Å². The third-order valence-electron chi connectivity index (χ3n) is 4.80. The van der Waals surface area contributed by atoms with Gasteiger partial charge in [-0.2, -0.15) is 0 Å². The van der Waals surface area contributed by atoms with Crippen LogP contribution in [0, 0.1) is 0 Å². The first-order chi connectivity index (χ1) is 12.7. The molecule has 0 aliphatic carbocycles. The second-order valence-corrected chi connectivity index (χ2v) is 9.82. The van der Waals surface area contributed by atoms with Crippen molar-refractivity contribution in [1.82, 2.24) is 0 Å². The number of rotatable bonds is 19. The van der Waals surface area contributed by atoms with E-state index >= 15 is 0 Å². The summed E-state index contributed by atoms with van der Waals surface area (Å²) >= 11 is 0. The minimum Gasteiger partial charge on any atom is -0.748 e. The number of likely N-dealkylation sites (N-methyl/N-ethyl adjacent to an activating group) is 1. The van der Waals surface area contributed by atoms with Crippen LogP contribution in [0.2, 0.25) is 0 Å². The smallest absolute Gasteiger partial charge is 0.116 e.